The molecule has 1 aliphatic rings. The second-order valence-electron chi connectivity index (χ2n) is 4.54. The first-order valence-corrected chi connectivity index (χ1v) is 6.73. The quantitative estimate of drug-likeness (QED) is 0.826. The van der Waals surface area contributed by atoms with Gasteiger partial charge in [-0.1, -0.05) is 60.7 Å². The first-order valence-electron chi connectivity index (χ1n) is 6.73. The summed E-state index contributed by atoms with van der Waals surface area (Å²) >= 11 is 0. The third-order valence-electron chi connectivity index (χ3n) is 3.03. The molecule has 0 bridgehead atoms. The Morgan fingerprint density at radius 3 is 1.58 bits per heavy atom. The van der Waals surface area contributed by atoms with Gasteiger partial charge in [0.15, 0.2) is 0 Å². The predicted octanol–water partition coefficient (Wildman–Crippen LogP) is 3.64. The van der Waals surface area contributed by atoms with Gasteiger partial charge in [0.05, 0.1) is 0 Å². The van der Waals surface area contributed by atoms with Gasteiger partial charge in [-0.3, -0.25) is 4.79 Å². The van der Waals surface area contributed by atoms with E-state index in [0.717, 1.165) is 25.8 Å². The summed E-state index contributed by atoms with van der Waals surface area (Å²) in [6.45, 7) is 0.888. The number of carbonyl (C=O) groups is 1. The summed E-state index contributed by atoms with van der Waals surface area (Å²) in [5.41, 5.74) is 2.55. The number of hydrogen-bond donors (Lipinski definition) is 1. The van der Waals surface area contributed by atoms with Gasteiger partial charge < -0.3 is 5.32 Å². The summed E-state index contributed by atoms with van der Waals surface area (Å²) < 4.78 is 0. The number of piperidine rings is 1. The number of rotatable bonds is 1. The molecule has 2 heteroatoms. The van der Waals surface area contributed by atoms with E-state index >= 15 is 0 Å². The van der Waals surface area contributed by atoms with E-state index in [2.05, 4.69) is 53.8 Å². The number of nitrogens with one attached hydrogen (secondary N) is 1. The van der Waals surface area contributed by atoms with Crippen LogP contribution in [0, 0.1) is 0 Å². The van der Waals surface area contributed by atoms with Crippen molar-refractivity contribution in [2.75, 3.05) is 6.54 Å². The second-order valence-corrected chi connectivity index (χ2v) is 4.54. The molecule has 1 fully saturated rings. The van der Waals surface area contributed by atoms with Crippen molar-refractivity contribution in [1.29, 1.82) is 0 Å². The van der Waals surface area contributed by atoms with E-state index in [1.54, 1.807) is 0 Å². The molecule has 19 heavy (non-hydrogen) atoms. The van der Waals surface area contributed by atoms with Crippen LogP contribution >= 0.6 is 0 Å². The maximum Gasteiger partial charge on any atom is 0.219 e. The van der Waals surface area contributed by atoms with Crippen LogP contribution in [-0.4, -0.2) is 12.5 Å². The molecular weight excluding hydrogens is 234 g/mol. The van der Waals surface area contributed by atoms with Crippen molar-refractivity contribution < 1.29 is 4.79 Å². The topological polar surface area (TPSA) is 29.1 Å². The molecule has 2 nitrogen and oxygen atoms in total. The van der Waals surface area contributed by atoms with E-state index in [-0.39, 0.29) is 5.91 Å². The second kappa shape index (κ2) is 7.37. The zero-order chi connectivity index (χ0) is 13.3. The van der Waals surface area contributed by atoms with E-state index < -0.39 is 0 Å². The fourth-order valence-electron chi connectivity index (χ4n) is 1.99. The summed E-state index contributed by atoms with van der Waals surface area (Å²) in [6.07, 6.45) is 2.97. The van der Waals surface area contributed by atoms with E-state index in [4.69, 9.17) is 0 Å². The van der Waals surface area contributed by atoms with E-state index in [1.165, 1.54) is 11.1 Å². The number of amides is 1. The standard InChI is InChI=1S/C12H10.C5H9NO/c1-3-7-11(8-4-1)12-9-5-2-6-10-12;7-5-3-1-2-4-6-5/h1-10H;1-4H2,(H,6,7). The summed E-state index contributed by atoms with van der Waals surface area (Å²) in [7, 11) is 0. The molecular formula is C17H19NO. The van der Waals surface area contributed by atoms with Gasteiger partial charge in [0.1, 0.15) is 0 Å². The van der Waals surface area contributed by atoms with Gasteiger partial charge in [0.25, 0.3) is 0 Å². The van der Waals surface area contributed by atoms with Gasteiger partial charge in [0, 0.05) is 13.0 Å². The lowest BCUT2D eigenvalue weighted by molar-refractivity contribution is -0.122. The van der Waals surface area contributed by atoms with E-state index in [0.29, 0.717) is 0 Å². The Bertz CT molecular complexity index is 448. The molecule has 0 aromatic heterocycles. The normalized spacial score (nSPS) is 14.0. The average Bonchev–Trinajstić information content (AvgIpc) is 2.51. The lowest BCUT2D eigenvalue weighted by atomic mass is 10.1. The lowest BCUT2D eigenvalue weighted by Gasteiger charge is -2.08. The van der Waals surface area contributed by atoms with Crippen LogP contribution < -0.4 is 5.32 Å². The number of hydrogen-bond acceptors (Lipinski definition) is 1. The fraction of sp³-hybridized carbons (Fsp3) is 0.235. The maximum absolute atomic E-state index is 10.4. The molecule has 3 rings (SSSR count). The van der Waals surface area contributed by atoms with Crippen LogP contribution in [-0.2, 0) is 4.79 Å². The van der Waals surface area contributed by atoms with Gasteiger partial charge in [0.2, 0.25) is 5.91 Å². The first-order chi connectivity index (χ1) is 9.36. The Morgan fingerprint density at radius 2 is 1.26 bits per heavy atom. The van der Waals surface area contributed by atoms with Crippen LogP contribution in [0.15, 0.2) is 60.7 Å². The third kappa shape index (κ3) is 4.59. The Morgan fingerprint density at radius 1 is 0.737 bits per heavy atom. The first kappa shape index (κ1) is 13.3. The highest BCUT2D eigenvalue weighted by molar-refractivity contribution is 5.76. The molecule has 2 aromatic carbocycles. The molecule has 1 amide bonds. The van der Waals surface area contributed by atoms with Crippen molar-refractivity contribution in [2.24, 2.45) is 0 Å². The smallest absolute Gasteiger partial charge is 0.219 e. The van der Waals surface area contributed by atoms with Gasteiger partial charge in [-0.25, -0.2) is 0 Å². The molecule has 1 saturated heterocycles. The Kier molecular flexibility index (Phi) is 5.17. The zero-order valence-corrected chi connectivity index (χ0v) is 11.0. The van der Waals surface area contributed by atoms with Crippen LogP contribution in [0.4, 0.5) is 0 Å². The highest BCUT2D eigenvalue weighted by Gasteiger charge is 2.04. The molecule has 0 atom stereocenters. The SMILES string of the molecule is O=C1CCCCN1.c1ccc(-c2ccccc2)cc1. The lowest BCUT2D eigenvalue weighted by Crippen LogP contribution is -2.28. The van der Waals surface area contributed by atoms with Crippen molar-refractivity contribution in [3.8, 4) is 11.1 Å². The van der Waals surface area contributed by atoms with Crippen LogP contribution in [0.1, 0.15) is 19.3 Å². The molecule has 2 aromatic rings. The van der Waals surface area contributed by atoms with Crippen molar-refractivity contribution in [2.45, 2.75) is 19.3 Å². The average molecular weight is 253 g/mol. The molecule has 0 radical (unpaired) electrons. The van der Waals surface area contributed by atoms with Gasteiger partial charge in [-0.2, -0.15) is 0 Å². The largest absolute Gasteiger partial charge is 0.356 e. The molecule has 0 saturated carbocycles. The Balaban J connectivity index is 0.000000163. The summed E-state index contributed by atoms with van der Waals surface area (Å²) in [5.74, 6) is 0.214. The minimum absolute atomic E-state index is 0.214. The number of carbonyl (C=O) groups excluding carboxylic acids is 1. The van der Waals surface area contributed by atoms with Gasteiger partial charge >= 0.3 is 0 Å². The minimum Gasteiger partial charge on any atom is -0.356 e. The molecule has 1 heterocycles. The minimum atomic E-state index is 0.214. The summed E-state index contributed by atoms with van der Waals surface area (Å²) in [6, 6.07) is 20.8. The molecule has 98 valence electrons. The van der Waals surface area contributed by atoms with Crippen molar-refractivity contribution in [3.63, 3.8) is 0 Å². The van der Waals surface area contributed by atoms with Crippen LogP contribution in [0.5, 0.6) is 0 Å². The maximum atomic E-state index is 10.4. The summed E-state index contributed by atoms with van der Waals surface area (Å²) in [5, 5.41) is 2.74. The Hall–Kier alpha value is -2.09. The molecule has 0 unspecified atom stereocenters. The molecule has 0 spiro atoms. The molecule has 1 N–H and O–H groups in total. The van der Waals surface area contributed by atoms with Crippen molar-refractivity contribution in [3.05, 3.63) is 60.7 Å². The third-order valence-corrected chi connectivity index (χ3v) is 3.03. The summed E-state index contributed by atoms with van der Waals surface area (Å²) in [4.78, 5) is 10.4. The molecule has 1 aliphatic heterocycles. The molecule has 0 aliphatic carbocycles. The van der Waals surface area contributed by atoms with Gasteiger partial charge in [-0.05, 0) is 24.0 Å². The van der Waals surface area contributed by atoms with Crippen LogP contribution in [0.3, 0.4) is 0 Å². The highest BCUT2D eigenvalue weighted by atomic mass is 16.1. The fourth-order valence-corrected chi connectivity index (χ4v) is 1.99. The van der Waals surface area contributed by atoms with E-state index in [1.807, 2.05) is 12.1 Å². The predicted molar refractivity (Wildman–Crippen MR) is 78.7 cm³/mol. The monoisotopic (exact) mass is 253 g/mol. The Labute approximate surface area is 114 Å². The number of benzene rings is 2. The zero-order valence-electron chi connectivity index (χ0n) is 11.0. The van der Waals surface area contributed by atoms with Crippen molar-refractivity contribution in [1.82, 2.24) is 5.32 Å². The highest BCUT2D eigenvalue weighted by Crippen LogP contribution is 2.17. The van der Waals surface area contributed by atoms with Crippen LogP contribution in [0.2, 0.25) is 0 Å². The van der Waals surface area contributed by atoms with Gasteiger partial charge in [-0.15, -0.1) is 0 Å². The van der Waals surface area contributed by atoms with Crippen molar-refractivity contribution >= 4 is 5.91 Å². The van der Waals surface area contributed by atoms with Crippen LogP contribution in [0.25, 0.3) is 11.1 Å². The van der Waals surface area contributed by atoms with E-state index in [9.17, 15) is 4.79 Å².